The van der Waals surface area contributed by atoms with Crippen LogP contribution < -0.4 is 19.3 Å². The van der Waals surface area contributed by atoms with Crippen LogP contribution in [0.3, 0.4) is 0 Å². The molecule has 0 spiro atoms. The zero-order chi connectivity index (χ0) is 32.2. The van der Waals surface area contributed by atoms with Crippen LogP contribution in [0.2, 0.25) is 0 Å². The molecule has 11 heteroatoms. The summed E-state index contributed by atoms with van der Waals surface area (Å²) in [6.45, 7) is 6.15. The molecule has 1 atom stereocenters. The van der Waals surface area contributed by atoms with Crippen molar-refractivity contribution in [3.05, 3.63) is 83.6 Å². The lowest BCUT2D eigenvalue weighted by molar-refractivity contribution is 0.0941. The zero-order valence-corrected chi connectivity index (χ0v) is 26.8. The number of nitrogens with zero attached hydrogens (tertiary/aromatic N) is 6. The molecule has 47 heavy (non-hydrogen) atoms. The zero-order valence-electron chi connectivity index (χ0n) is 26.8. The maximum atomic E-state index is 13.7. The molecule has 0 aliphatic carbocycles. The van der Waals surface area contributed by atoms with E-state index >= 15 is 0 Å². The van der Waals surface area contributed by atoms with Crippen molar-refractivity contribution in [3.63, 3.8) is 0 Å². The molecule has 246 valence electrons. The Morgan fingerprint density at radius 3 is 2.53 bits per heavy atom. The van der Waals surface area contributed by atoms with Gasteiger partial charge in [-0.15, -0.1) is 0 Å². The first-order valence-corrected chi connectivity index (χ1v) is 16.5. The van der Waals surface area contributed by atoms with Gasteiger partial charge in [-0.25, -0.2) is 9.18 Å². The SMILES string of the molecule is COc1cc(N2CCc3c(nc(OCCN4CC[C@@H](F)C4)nc3N3CCN(C(=O)OCc4ccccc4)CC3)C2)c2ccccc2c1. The molecule has 2 fully saturated rings. The number of anilines is 2. The monoisotopic (exact) mass is 640 g/mol. The van der Waals surface area contributed by atoms with Gasteiger partial charge >= 0.3 is 12.1 Å². The van der Waals surface area contributed by atoms with Gasteiger partial charge in [0.15, 0.2) is 0 Å². The second-order valence-electron chi connectivity index (χ2n) is 12.3. The summed E-state index contributed by atoms with van der Waals surface area (Å²) in [5.41, 5.74) is 4.11. The van der Waals surface area contributed by atoms with Gasteiger partial charge in [0.05, 0.1) is 19.3 Å². The Kier molecular flexibility index (Phi) is 9.23. The molecule has 2 saturated heterocycles. The van der Waals surface area contributed by atoms with Crippen molar-refractivity contribution >= 4 is 28.4 Å². The second kappa shape index (κ2) is 14.0. The van der Waals surface area contributed by atoms with Crippen LogP contribution in [-0.2, 0) is 24.3 Å². The number of amides is 1. The number of methoxy groups -OCH3 is 1. The van der Waals surface area contributed by atoms with Gasteiger partial charge in [-0.05, 0) is 29.9 Å². The average Bonchev–Trinajstić information content (AvgIpc) is 3.54. The number of hydrogen-bond donors (Lipinski definition) is 0. The maximum absolute atomic E-state index is 13.7. The van der Waals surface area contributed by atoms with E-state index in [1.54, 1.807) is 12.0 Å². The quantitative estimate of drug-likeness (QED) is 0.249. The van der Waals surface area contributed by atoms with E-state index < -0.39 is 6.17 Å². The van der Waals surface area contributed by atoms with E-state index in [0.29, 0.717) is 64.9 Å². The topological polar surface area (TPSA) is 83.5 Å². The van der Waals surface area contributed by atoms with E-state index in [1.165, 1.54) is 0 Å². The van der Waals surface area contributed by atoms with Crippen LogP contribution in [0.25, 0.3) is 10.8 Å². The van der Waals surface area contributed by atoms with E-state index in [-0.39, 0.29) is 12.7 Å². The van der Waals surface area contributed by atoms with Crippen molar-refractivity contribution in [2.75, 3.05) is 75.9 Å². The smallest absolute Gasteiger partial charge is 0.410 e. The highest BCUT2D eigenvalue weighted by atomic mass is 19.1. The number of fused-ring (bicyclic) bond motifs is 2. The lowest BCUT2D eigenvalue weighted by Gasteiger charge is -2.38. The predicted molar refractivity (Wildman–Crippen MR) is 179 cm³/mol. The first-order chi connectivity index (χ1) is 23.0. The average molecular weight is 641 g/mol. The highest BCUT2D eigenvalue weighted by Crippen LogP contribution is 2.36. The van der Waals surface area contributed by atoms with Gasteiger partial charge in [-0.3, -0.25) is 4.90 Å². The third kappa shape index (κ3) is 7.05. The van der Waals surface area contributed by atoms with Gasteiger partial charge in [0.1, 0.15) is 31.0 Å². The van der Waals surface area contributed by atoms with Gasteiger partial charge in [-0.2, -0.15) is 9.97 Å². The van der Waals surface area contributed by atoms with Crippen molar-refractivity contribution in [3.8, 4) is 11.8 Å². The molecule has 3 aromatic carbocycles. The number of carbonyl (C=O) groups excluding carboxylic acids is 1. The van der Waals surface area contributed by atoms with Crippen LogP contribution in [0.15, 0.2) is 66.7 Å². The van der Waals surface area contributed by atoms with Gasteiger partial charge in [0.2, 0.25) is 0 Å². The van der Waals surface area contributed by atoms with E-state index in [0.717, 1.165) is 64.4 Å². The molecule has 4 heterocycles. The normalized spacial score (nSPS) is 18.3. The van der Waals surface area contributed by atoms with Crippen LogP contribution >= 0.6 is 0 Å². The van der Waals surface area contributed by atoms with Crippen LogP contribution in [0.1, 0.15) is 23.2 Å². The molecule has 0 unspecified atom stereocenters. The summed E-state index contributed by atoms with van der Waals surface area (Å²) in [5.74, 6) is 1.68. The lowest BCUT2D eigenvalue weighted by atomic mass is 10.0. The molecule has 3 aliphatic heterocycles. The maximum Gasteiger partial charge on any atom is 0.410 e. The molecule has 7 rings (SSSR count). The Balaban J connectivity index is 1.10. The van der Waals surface area contributed by atoms with Gasteiger partial charge in [0.25, 0.3) is 0 Å². The summed E-state index contributed by atoms with van der Waals surface area (Å²) in [7, 11) is 1.70. The summed E-state index contributed by atoms with van der Waals surface area (Å²) in [6.07, 6.45) is 0.261. The molecule has 0 N–H and O–H groups in total. The highest BCUT2D eigenvalue weighted by molar-refractivity contribution is 5.95. The minimum Gasteiger partial charge on any atom is -0.497 e. The molecule has 0 bridgehead atoms. The molecule has 0 saturated carbocycles. The summed E-state index contributed by atoms with van der Waals surface area (Å²) in [5, 5.41) is 2.28. The van der Waals surface area contributed by atoms with Crippen LogP contribution in [-0.4, -0.2) is 98.1 Å². The number of alkyl halides is 1. The van der Waals surface area contributed by atoms with Gasteiger partial charge in [0, 0.05) is 75.1 Å². The second-order valence-corrected chi connectivity index (χ2v) is 12.3. The van der Waals surface area contributed by atoms with E-state index in [2.05, 4.69) is 45.0 Å². The third-order valence-corrected chi connectivity index (χ3v) is 9.31. The first-order valence-electron chi connectivity index (χ1n) is 16.5. The fraction of sp³-hybridized carbons (Fsp3) is 0.417. The van der Waals surface area contributed by atoms with Crippen molar-refractivity contribution in [1.29, 1.82) is 0 Å². The van der Waals surface area contributed by atoms with E-state index in [9.17, 15) is 9.18 Å². The third-order valence-electron chi connectivity index (χ3n) is 9.31. The number of rotatable bonds is 9. The van der Waals surface area contributed by atoms with E-state index in [4.69, 9.17) is 24.2 Å². The Hall–Kier alpha value is -4.64. The number of aromatic nitrogens is 2. The molecule has 3 aliphatic rings. The Morgan fingerprint density at radius 1 is 0.936 bits per heavy atom. The van der Waals surface area contributed by atoms with Crippen molar-refractivity contribution in [2.45, 2.75) is 32.2 Å². The van der Waals surface area contributed by atoms with Crippen LogP contribution in [0.4, 0.5) is 20.7 Å². The van der Waals surface area contributed by atoms with Crippen LogP contribution in [0, 0.1) is 0 Å². The largest absolute Gasteiger partial charge is 0.497 e. The summed E-state index contributed by atoms with van der Waals surface area (Å²) in [6, 6.07) is 22.5. The summed E-state index contributed by atoms with van der Waals surface area (Å²) >= 11 is 0. The van der Waals surface area contributed by atoms with Gasteiger partial charge < -0.3 is 28.9 Å². The number of carbonyl (C=O) groups is 1. The predicted octanol–water partition coefficient (Wildman–Crippen LogP) is 5.08. The molecular formula is C36H41FN6O4. The van der Waals surface area contributed by atoms with Gasteiger partial charge in [-0.1, -0.05) is 54.6 Å². The minimum absolute atomic E-state index is 0.252. The molecular weight excluding hydrogens is 599 g/mol. The summed E-state index contributed by atoms with van der Waals surface area (Å²) in [4.78, 5) is 31.1. The fourth-order valence-corrected chi connectivity index (χ4v) is 6.73. The Labute approximate surface area is 274 Å². The molecule has 0 radical (unpaired) electrons. The molecule has 1 aromatic heterocycles. The fourth-order valence-electron chi connectivity index (χ4n) is 6.73. The number of benzene rings is 3. The molecule has 4 aromatic rings. The first kappa shape index (κ1) is 31.0. The summed E-state index contributed by atoms with van der Waals surface area (Å²) < 4.78 is 31.1. The van der Waals surface area contributed by atoms with E-state index in [1.807, 2.05) is 36.4 Å². The standard InChI is InChI=1S/C36H41FN6O4/c1-45-29-21-27-9-5-6-10-30(27)33(22-29)43-14-12-31-32(24-43)38-35(46-20-19-40-13-11-28(37)23-40)39-34(31)41-15-17-42(18-16-41)36(44)47-25-26-7-3-2-4-8-26/h2-10,21-22,28H,11-20,23-25H2,1H3/t28-/m1/s1. The number of ether oxygens (including phenoxy) is 3. The Bertz CT molecular complexity index is 1700. The van der Waals surface area contributed by atoms with Crippen molar-refractivity contribution in [1.82, 2.24) is 19.8 Å². The number of hydrogen-bond acceptors (Lipinski definition) is 9. The lowest BCUT2D eigenvalue weighted by Crippen LogP contribution is -2.49. The number of halogens is 1. The Morgan fingerprint density at radius 2 is 1.74 bits per heavy atom. The molecule has 10 nitrogen and oxygen atoms in total. The molecule has 1 amide bonds. The van der Waals surface area contributed by atoms with Crippen LogP contribution in [0.5, 0.6) is 11.8 Å². The van der Waals surface area contributed by atoms with Crippen molar-refractivity contribution in [2.24, 2.45) is 0 Å². The number of piperazine rings is 1. The van der Waals surface area contributed by atoms with Crippen molar-refractivity contribution < 1.29 is 23.4 Å². The number of likely N-dealkylation sites (tertiary alicyclic amines) is 1. The highest BCUT2D eigenvalue weighted by Gasteiger charge is 2.30. The minimum atomic E-state index is -0.769.